The molecule has 0 aliphatic heterocycles. The van der Waals surface area contributed by atoms with E-state index in [1.165, 1.54) is 0 Å². The van der Waals surface area contributed by atoms with E-state index in [2.05, 4.69) is 4.98 Å². The maximum absolute atomic E-state index is 11.8. The second-order valence-corrected chi connectivity index (χ2v) is 7.36. The summed E-state index contributed by atoms with van der Waals surface area (Å²) in [5, 5.41) is 9.21. The van der Waals surface area contributed by atoms with Gasteiger partial charge in [0.25, 0.3) is 9.05 Å². The van der Waals surface area contributed by atoms with Gasteiger partial charge >= 0.3 is 0 Å². The first-order valence-corrected chi connectivity index (χ1v) is 9.05. The highest BCUT2D eigenvalue weighted by Crippen LogP contribution is 2.38. The summed E-state index contributed by atoms with van der Waals surface area (Å²) in [6.45, 7) is 0. The van der Waals surface area contributed by atoms with Gasteiger partial charge in [-0.15, -0.1) is 0 Å². The van der Waals surface area contributed by atoms with Crippen molar-refractivity contribution < 1.29 is 8.42 Å². The van der Waals surface area contributed by atoms with Crippen LogP contribution in [0, 0.1) is 11.3 Å². The third-order valence-corrected chi connectivity index (χ3v) is 4.70. The number of hydrogen-bond donors (Lipinski definition) is 1. The largest absolute Gasteiger partial charge is 0.343 e. The molecule has 4 nitrogen and oxygen atoms in total. The van der Waals surface area contributed by atoms with Gasteiger partial charge in [0.1, 0.15) is 6.07 Å². The molecule has 0 fully saturated rings. The summed E-state index contributed by atoms with van der Waals surface area (Å²) in [4.78, 5) is 2.81. The van der Waals surface area contributed by atoms with Gasteiger partial charge in [0, 0.05) is 16.2 Å². The number of hydrogen-bond acceptors (Lipinski definition) is 3. The average molecular weight is 343 g/mol. The van der Waals surface area contributed by atoms with Gasteiger partial charge in [-0.05, 0) is 11.1 Å². The van der Waals surface area contributed by atoms with Crippen molar-refractivity contribution in [3.8, 4) is 28.5 Å². The summed E-state index contributed by atoms with van der Waals surface area (Å²) in [6, 6.07) is 20.3. The normalized spacial score (nSPS) is 11.1. The Kier molecular flexibility index (Phi) is 3.95. The predicted octanol–water partition coefficient (Wildman–Crippen LogP) is 4.15. The van der Waals surface area contributed by atoms with Crippen LogP contribution in [0.25, 0.3) is 22.4 Å². The minimum absolute atomic E-state index is 0.0186. The molecule has 114 valence electrons. The van der Waals surface area contributed by atoms with E-state index in [4.69, 9.17) is 10.7 Å². The van der Waals surface area contributed by atoms with Crippen LogP contribution in [-0.2, 0) is 9.05 Å². The molecule has 1 heterocycles. The van der Waals surface area contributed by atoms with E-state index in [-0.39, 0.29) is 10.6 Å². The minimum atomic E-state index is -4.07. The van der Waals surface area contributed by atoms with Gasteiger partial charge < -0.3 is 4.98 Å². The molecule has 2 aromatic carbocycles. The third-order valence-electron chi connectivity index (χ3n) is 3.45. The quantitative estimate of drug-likeness (QED) is 0.727. The van der Waals surface area contributed by atoms with E-state index in [0.717, 1.165) is 11.1 Å². The average Bonchev–Trinajstić information content (AvgIpc) is 2.96. The zero-order chi connectivity index (χ0) is 16.4. The molecule has 0 atom stereocenters. The van der Waals surface area contributed by atoms with Crippen molar-refractivity contribution >= 4 is 19.7 Å². The molecule has 0 saturated heterocycles. The Hall–Kier alpha value is -2.55. The van der Waals surface area contributed by atoms with Crippen LogP contribution in [-0.4, -0.2) is 13.4 Å². The van der Waals surface area contributed by atoms with Gasteiger partial charge in [-0.1, -0.05) is 60.7 Å². The van der Waals surface area contributed by atoms with Gasteiger partial charge in [0.05, 0.1) is 11.3 Å². The minimum Gasteiger partial charge on any atom is -0.343 e. The Morgan fingerprint density at radius 3 is 1.91 bits per heavy atom. The number of nitriles is 1. The zero-order valence-electron chi connectivity index (χ0n) is 11.8. The molecule has 0 aliphatic carbocycles. The Balaban J connectivity index is 2.41. The fraction of sp³-hybridized carbons (Fsp3) is 0. The molecule has 0 spiro atoms. The van der Waals surface area contributed by atoms with Gasteiger partial charge in [-0.3, -0.25) is 0 Å². The van der Waals surface area contributed by atoms with E-state index in [0.29, 0.717) is 11.3 Å². The summed E-state index contributed by atoms with van der Waals surface area (Å²) in [6.07, 6.45) is 0. The summed E-state index contributed by atoms with van der Waals surface area (Å²) >= 11 is 0. The molecule has 0 aliphatic rings. The molecule has 1 N–H and O–H groups in total. The van der Waals surface area contributed by atoms with Crippen molar-refractivity contribution in [1.82, 2.24) is 4.98 Å². The van der Waals surface area contributed by atoms with Crippen molar-refractivity contribution in [2.45, 2.75) is 5.03 Å². The number of benzene rings is 2. The SMILES string of the molecule is N#Cc1c(S(=O)(=O)Cl)[nH]c(-c2ccccc2)c1-c1ccccc1. The number of H-pyrrole nitrogens is 1. The van der Waals surface area contributed by atoms with Crippen molar-refractivity contribution in [1.29, 1.82) is 5.26 Å². The van der Waals surface area contributed by atoms with E-state index in [9.17, 15) is 13.7 Å². The highest BCUT2D eigenvalue weighted by Gasteiger charge is 2.26. The fourth-order valence-corrected chi connectivity index (χ4v) is 3.44. The number of nitrogens with zero attached hydrogens (tertiary/aromatic N) is 1. The molecule has 3 aromatic rings. The lowest BCUT2D eigenvalue weighted by Crippen LogP contribution is -1.94. The molecule has 0 radical (unpaired) electrons. The van der Waals surface area contributed by atoms with Gasteiger partial charge in [0.2, 0.25) is 0 Å². The Morgan fingerprint density at radius 1 is 0.913 bits per heavy atom. The standard InChI is InChI=1S/C17H11ClN2O2S/c18-23(21,22)17-14(11-19)15(12-7-3-1-4-8-12)16(20-17)13-9-5-2-6-10-13/h1-10,20H. The molecule has 23 heavy (non-hydrogen) atoms. The summed E-state index contributed by atoms with van der Waals surface area (Å²) in [5.74, 6) is 0. The van der Waals surface area contributed by atoms with Crippen LogP contribution in [0.4, 0.5) is 0 Å². The van der Waals surface area contributed by atoms with Crippen LogP contribution in [0.2, 0.25) is 0 Å². The number of aromatic amines is 1. The monoisotopic (exact) mass is 342 g/mol. The predicted molar refractivity (Wildman–Crippen MR) is 89.4 cm³/mol. The van der Waals surface area contributed by atoms with Crippen LogP contribution in [0.5, 0.6) is 0 Å². The number of aromatic nitrogens is 1. The Morgan fingerprint density at radius 2 is 1.43 bits per heavy atom. The van der Waals surface area contributed by atoms with E-state index < -0.39 is 9.05 Å². The van der Waals surface area contributed by atoms with Crippen LogP contribution < -0.4 is 0 Å². The number of nitrogens with one attached hydrogen (secondary N) is 1. The van der Waals surface area contributed by atoms with Crippen molar-refractivity contribution in [2.24, 2.45) is 0 Å². The maximum atomic E-state index is 11.8. The fourth-order valence-electron chi connectivity index (χ4n) is 2.48. The Bertz CT molecular complexity index is 988. The van der Waals surface area contributed by atoms with Gasteiger partial charge in [-0.25, -0.2) is 8.42 Å². The summed E-state index contributed by atoms with van der Waals surface area (Å²) in [7, 11) is 1.42. The molecule has 0 unspecified atom stereocenters. The van der Waals surface area contributed by atoms with Crippen LogP contribution in [0.3, 0.4) is 0 Å². The second kappa shape index (κ2) is 5.92. The van der Waals surface area contributed by atoms with Gasteiger partial charge in [-0.2, -0.15) is 5.26 Å². The molecule has 0 saturated carbocycles. The first kappa shape index (κ1) is 15.3. The zero-order valence-corrected chi connectivity index (χ0v) is 13.4. The Labute approximate surface area is 138 Å². The number of halogens is 1. The molecule has 1 aromatic heterocycles. The van der Waals surface area contributed by atoms with Crippen molar-refractivity contribution in [3.63, 3.8) is 0 Å². The lowest BCUT2D eigenvalue weighted by Gasteiger charge is -2.05. The second-order valence-electron chi connectivity index (χ2n) is 4.86. The summed E-state index contributed by atoms with van der Waals surface area (Å²) < 4.78 is 23.6. The molecule has 6 heteroatoms. The van der Waals surface area contributed by atoms with Crippen LogP contribution in [0.15, 0.2) is 65.7 Å². The smallest absolute Gasteiger partial charge is 0.278 e. The van der Waals surface area contributed by atoms with E-state index in [1.807, 2.05) is 66.7 Å². The molecule has 3 rings (SSSR count). The lowest BCUT2D eigenvalue weighted by atomic mass is 9.98. The lowest BCUT2D eigenvalue weighted by molar-refractivity contribution is 0.606. The highest BCUT2D eigenvalue weighted by molar-refractivity contribution is 8.13. The molecule has 0 amide bonds. The maximum Gasteiger partial charge on any atom is 0.278 e. The summed E-state index contributed by atoms with van der Waals surface area (Å²) in [5.41, 5.74) is 2.61. The van der Waals surface area contributed by atoms with E-state index in [1.54, 1.807) is 0 Å². The first-order chi connectivity index (χ1) is 11.0. The van der Waals surface area contributed by atoms with Crippen molar-refractivity contribution in [2.75, 3.05) is 0 Å². The van der Waals surface area contributed by atoms with Gasteiger partial charge in [0.15, 0.2) is 5.03 Å². The van der Waals surface area contributed by atoms with E-state index >= 15 is 0 Å². The molecule has 0 bridgehead atoms. The van der Waals surface area contributed by atoms with Crippen LogP contribution in [0.1, 0.15) is 5.56 Å². The molecular weight excluding hydrogens is 332 g/mol. The molecular formula is C17H11ClN2O2S. The topological polar surface area (TPSA) is 73.7 Å². The third kappa shape index (κ3) is 2.87. The highest BCUT2D eigenvalue weighted by atomic mass is 35.7. The van der Waals surface area contributed by atoms with Crippen molar-refractivity contribution in [3.05, 3.63) is 66.2 Å². The van der Waals surface area contributed by atoms with Crippen LogP contribution >= 0.6 is 10.7 Å². The first-order valence-electron chi connectivity index (χ1n) is 6.74. The number of rotatable bonds is 3.